The van der Waals surface area contributed by atoms with Crippen molar-refractivity contribution in [3.63, 3.8) is 0 Å². The number of alkyl halides is 2. The monoisotopic (exact) mass is 439 g/mol. The van der Waals surface area contributed by atoms with Crippen LogP contribution in [-0.4, -0.2) is 49.8 Å². The number of pyridine rings is 1. The molecule has 9 heteroatoms. The zero-order chi connectivity index (χ0) is 22.7. The second kappa shape index (κ2) is 8.97. The van der Waals surface area contributed by atoms with Crippen molar-refractivity contribution in [1.29, 1.82) is 0 Å². The second-order valence-electron chi connectivity index (χ2n) is 7.83. The first-order valence-electron chi connectivity index (χ1n) is 10.1. The lowest BCUT2D eigenvalue weighted by Crippen LogP contribution is -2.36. The number of fused-ring (bicyclic) bond motifs is 1. The summed E-state index contributed by atoms with van der Waals surface area (Å²) in [4.78, 5) is 18.2. The van der Waals surface area contributed by atoms with Crippen molar-refractivity contribution in [1.82, 2.24) is 19.7 Å². The summed E-state index contributed by atoms with van der Waals surface area (Å²) in [6, 6.07) is 7.24. The zero-order valence-corrected chi connectivity index (χ0v) is 17.5. The first-order chi connectivity index (χ1) is 15.3. The molecule has 32 heavy (non-hydrogen) atoms. The predicted molar refractivity (Wildman–Crippen MR) is 117 cm³/mol. The van der Waals surface area contributed by atoms with Crippen LogP contribution in [0.25, 0.3) is 17.2 Å². The third kappa shape index (κ3) is 5.06. The maximum absolute atomic E-state index is 13.5. The fourth-order valence-corrected chi connectivity index (χ4v) is 3.74. The smallest absolute Gasteiger partial charge is 0.283 e. The third-order valence-corrected chi connectivity index (χ3v) is 5.23. The van der Waals surface area contributed by atoms with E-state index in [0.29, 0.717) is 18.8 Å². The summed E-state index contributed by atoms with van der Waals surface area (Å²) in [6.45, 7) is -0.953. The first kappa shape index (κ1) is 21.8. The fraction of sp³-hybridized carbons (Fsp3) is 0.261. The molecule has 0 saturated heterocycles. The normalized spacial score (nSPS) is 14.1. The lowest BCUT2D eigenvalue weighted by Gasteiger charge is -2.21. The van der Waals surface area contributed by atoms with Gasteiger partial charge >= 0.3 is 0 Å². The lowest BCUT2D eigenvalue weighted by atomic mass is 10.0. The SMILES string of the molecule is Cn1cc(-c2ccncc2C=CC(=O)Nc2ccc3c(c2)CN(CC(F)(F)CO)C3)cn1. The van der Waals surface area contributed by atoms with Crippen molar-refractivity contribution in [3.05, 3.63) is 71.8 Å². The van der Waals surface area contributed by atoms with Crippen LogP contribution in [0, 0.1) is 0 Å². The maximum atomic E-state index is 13.5. The Morgan fingerprint density at radius 1 is 1.25 bits per heavy atom. The number of hydrogen-bond donors (Lipinski definition) is 2. The summed E-state index contributed by atoms with van der Waals surface area (Å²) >= 11 is 0. The maximum Gasteiger partial charge on any atom is 0.283 e. The Balaban J connectivity index is 1.42. The van der Waals surface area contributed by atoms with Crippen LogP contribution >= 0.6 is 0 Å². The van der Waals surface area contributed by atoms with Gasteiger partial charge in [0.05, 0.1) is 12.7 Å². The highest BCUT2D eigenvalue weighted by atomic mass is 19.3. The van der Waals surface area contributed by atoms with E-state index in [4.69, 9.17) is 5.11 Å². The second-order valence-corrected chi connectivity index (χ2v) is 7.83. The van der Waals surface area contributed by atoms with Gasteiger partial charge < -0.3 is 10.4 Å². The van der Waals surface area contributed by atoms with E-state index >= 15 is 0 Å². The number of aryl methyl sites for hydroxylation is 1. The molecular weight excluding hydrogens is 416 g/mol. The summed E-state index contributed by atoms with van der Waals surface area (Å²) in [5, 5.41) is 15.8. The third-order valence-electron chi connectivity index (χ3n) is 5.23. The number of carbonyl (C=O) groups excluding carboxylic acids is 1. The minimum atomic E-state index is -3.13. The van der Waals surface area contributed by atoms with Crippen LogP contribution in [0.15, 0.2) is 55.1 Å². The molecule has 0 fully saturated rings. The molecule has 0 bridgehead atoms. The summed E-state index contributed by atoms with van der Waals surface area (Å²) in [5.41, 5.74) is 5.02. The number of rotatable bonds is 7. The Kier molecular flexibility index (Phi) is 6.11. The molecule has 166 valence electrons. The molecule has 1 aliphatic heterocycles. The van der Waals surface area contributed by atoms with E-state index in [1.54, 1.807) is 46.4 Å². The van der Waals surface area contributed by atoms with Crippen LogP contribution in [0.3, 0.4) is 0 Å². The molecule has 1 amide bonds. The van der Waals surface area contributed by atoms with Crippen molar-refractivity contribution in [2.24, 2.45) is 7.05 Å². The molecule has 1 aromatic carbocycles. The number of benzene rings is 1. The Morgan fingerprint density at radius 3 is 2.81 bits per heavy atom. The van der Waals surface area contributed by atoms with Gasteiger partial charge in [-0.2, -0.15) is 5.10 Å². The van der Waals surface area contributed by atoms with Crippen LogP contribution in [0.2, 0.25) is 0 Å². The van der Waals surface area contributed by atoms with Gasteiger partial charge in [-0.25, -0.2) is 8.78 Å². The fourth-order valence-electron chi connectivity index (χ4n) is 3.74. The van der Waals surface area contributed by atoms with Crippen molar-refractivity contribution in [3.8, 4) is 11.1 Å². The minimum Gasteiger partial charge on any atom is -0.390 e. The largest absolute Gasteiger partial charge is 0.390 e. The number of hydrogen-bond acceptors (Lipinski definition) is 5. The number of nitrogens with zero attached hydrogens (tertiary/aromatic N) is 4. The number of nitrogens with one attached hydrogen (secondary N) is 1. The standard InChI is InChI=1S/C23H23F2N5O2/c1-29-11-19(10-27-29)21-6-7-26-9-16(21)3-5-22(32)28-20-4-2-17-12-30(13-18(17)8-20)14-23(24,25)15-31/h2-11,31H,12-15H2,1H3,(H,28,32). The Hall–Kier alpha value is -3.43. The van der Waals surface area contributed by atoms with Gasteiger partial charge in [0.2, 0.25) is 5.91 Å². The van der Waals surface area contributed by atoms with Crippen molar-refractivity contribution in [2.75, 3.05) is 18.5 Å². The molecule has 0 atom stereocenters. The molecule has 4 rings (SSSR count). The number of aliphatic hydroxyl groups excluding tert-OH is 1. The quantitative estimate of drug-likeness (QED) is 0.553. The average Bonchev–Trinajstić information content (AvgIpc) is 3.37. The summed E-state index contributed by atoms with van der Waals surface area (Å²) in [7, 11) is 1.83. The number of amides is 1. The van der Waals surface area contributed by atoms with Crippen LogP contribution in [0.1, 0.15) is 16.7 Å². The molecule has 0 aliphatic carbocycles. The van der Waals surface area contributed by atoms with Crippen LogP contribution in [-0.2, 0) is 24.9 Å². The van der Waals surface area contributed by atoms with Gasteiger partial charge in [0.1, 0.15) is 6.61 Å². The molecule has 0 spiro atoms. The van der Waals surface area contributed by atoms with Crippen LogP contribution in [0.5, 0.6) is 0 Å². The summed E-state index contributed by atoms with van der Waals surface area (Å²) < 4.78 is 28.7. The molecule has 2 N–H and O–H groups in total. The summed E-state index contributed by atoms with van der Waals surface area (Å²) in [6.07, 6.45) is 10.1. The number of aromatic nitrogens is 3. The molecule has 3 aromatic rings. The molecule has 7 nitrogen and oxygen atoms in total. The Bertz CT molecular complexity index is 1160. The summed E-state index contributed by atoms with van der Waals surface area (Å²) in [5.74, 6) is -3.45. The topological polar surface area (TPSA) is 83.3 Å². The van der Waals surface area contributed by atoms with E-state index in [9.17, 15) is 13.6 Å². The average molecular weight is 439 g/mol. The lowest BCUT2D eigenvalue weighted by molar-refractivity contribution is -0.111. The first-order valence-corrected chi connectivity index (χ1v) is 10.1. The highest BCUT2D eigenvalue weighted by molar-refractivity contribution is 6.02. The van der Waals surface area contributed by atoms with E-state index in [0.717, 1.165) is 27.8 Å². The molecule has 3 heterocycles. The van der Waals surface area contributed by atoms with Gasteiger partial charge in [-0.3, -0.25) is 19.4 Å². The molecule has 0 unspecified atom stereocenters. The molecule has 0 radical (unpaired) electrons. The number of aliphatic hydroxyl groups is 1. The predicted octanol–water partition coefficient (Wildman–Crippen LogP) is 3.08. The Labute approximate surface area is 184 Å². The number of halogens is 2. The van der Waals surface area contributed by atoms with E-state index in [-0.39, 0.29) is 5.91 Å². The molecule has 1 aliphatic rings. The van der Waals surface area contributed by atoms with Gasteiger partial charge in [0.15, 0.2) is 0 Å². The van der Waals surface area contributed by atoms with E-state index in [1.807, 2.05) is 25.4 Å². The van der Waals surface area contributed by atoms with E-state index in [2.05, 4.69) is 15.4 Å². The number of anilines is 1. The zero-order valence-electron chi connectivity index (χ0n) is 17.5. The van der Waals surface area contributed by atoms with Gasteiger partial charge in [0.25, 0.3) is 5.92 Å². The van der Waals surface area contributed by atoms with Gasteiger partial charge in [0, 0.05) is 61.6 Å². The molecular formula is C23H23F2N5O2. The van der Waals surface area contributed by atoms with Crippen molar-refractivity contribution >= 4 is 17.7 Å². The minimum absolute atomic E-state index is 0.312. The highest BCUT2D eigenvalue weighted by Gasteiger charge is 2.33. The van der Waals surface area contributed by atoms with Crippen LogP contribution in [0.4, 0.5) is 14.5 Å². The van der Waals surface area contributed by atoms with Gasteiger partial charge in [-0.1, -0.05) is 6.07 Å². The van der Waals surface area contributed by atoms with E-state index in [1.165, 1.54) is 6.08 Å². The molecule has 2 aromatic heterocycles. The molecule has 0 saturated carbocycles. The van der Waals surface area contributed by atoms with Crippen LogP contribution < -0.4 is 5.32 Å². The Morgan fingerprint density at radius 2 is 2.06 bits per heavy atom. The van der Waals surface area contributed by atoms with Crippen molar-refractivity contribution in [2.45, 2.75) is 19.0 Å². The van der Waals surface area contributed by atoms with E-state index < -0.39 is 19.1 Å². The van der Waals surface area contributed by atoms with Gasteiger partial charge in [-0.15, -0.1) is 0 Å². The number of carbonyl (C=O) groups is 1. The highest BCUT2D eigenvalue weighted by Crippen LogP contribution is 2.28. The van der Waals surface area contributed by atoms with Crippen molar-refractivity contribution < 1.29 is 18.7 Å². The van der Waals surface area contributed by atoms with Gasteiger partial charge in [-0.05, 0) is 41.0 Å².